The predicted octanol–water partition coefficient (Wildman–Crippen LogP) is 2.66. The van der Waals surface area contributed by atoms with Gasteiger partial charge >= 0.3 is 0 Å². The molecule has 0 aliphatic heterocycles. The molecule has 0 atom stereocenters. The van der Waals surface area contributed by atoms with Crippen molar-refractivity contribution in [1.82, 2.24) is 0 Å². The molecule has 2 N–H and O–H groups in total. The molecule has 0 bridgehead atoms. The lowest BCUT2D eigenvalue weighted by Gasteiger charge is -2.01. The van der Waals surface area contributed by atoms with E-state index in [9.17, 15) is 0 Å². The first kappa shape index (κ1) is 7.70. The van der Waals surface area contributed by atoms with E-state index in [4.69, 9.17) is 28.9 Å². The normalized spacial score (nSPS) is 9.80. The summed E-state index contributed by atoms with van der Waals surface area (Å²) in [7, 11) is 0. The maximum absolute atomic E-state index is 5.71. The molecule has 0 aromatic heterocycles. The minimum atomic E-state index is 0.409. The number of hydrogen-bond donors (Lipinski definition) is 1. The molecule has 0 spiro atoms. The summed E-state index contributed by atoms with van der Waals surface area (Å²) in [5.74, 6) is 0.409. The van der Waals surface area contributed by atoms with Crippen molar-refractivity contribution in [2.75, 3.05) is 5.73 Å². The third-order valence-corrected chi connectivity index (χ3v) is 1.90. The number of hydrogen-bond acceptors (Lipinski definition) is 1. The zero-order valence-corrected chi connectivity index (χ0v) is 6.78. The standard InChI is InChI=1S/C7H7Cl2N/c8-4-5-2-1-3-6(9)7(5)10/h1-3H,4,10H2. The Labute approximate surface area is 69.7 Å². The molecular weight excluding hydrogens is 169 g/mol. The number of benzene rings is 1. The average Bonchev–Trinajstić information content (AvgIpc) is 1.95. The minimum absolute atomic E-state index is 0.409. The predicted molar refractivity (Wildman–Crippen MR) is 45.4 cm³/mol. The van der Waals surface area contributed by atoms with Gasteiger partial charge in [0.2, 0.25) is 0 Å². The number of rotatable bonds is 1. The van der Waals surface area contributed by atoms with Gasteiger partial charge < -0.3 is 5.73 Å². The molecular formula is C7H7Cl2N. The number of alkyl halides is 1. The second-order valence-electron chi connectivity index (χ2n) is 1.95. The number of nitrogens with two attached hydrogens (primary N) is 1. The largest absolute Gasteiger partial charge is 0.397 e. The van der Waals surface area contributed by atoms with Gasteiger partial charge in [-0.15, -0.1) is 11.6 Å². The Kier molecular flexibility index (Phi) is 2.41. The second kappa shape index (κ2) is 3.13. The molecule has 0 aliphatic rings. The fraction of sp³-hybridized carbons (Fsp3) is 0.143. The van der Waals surface area contributed by atoms with Crippen molar-refractivity contribution in [3.8, 4) is 0 Å². The van der Waals surface area contributed by atoms with Crippen LogP contribution in [0.25, 0.3) is 0 Å². The Morgan fingerprint density at radius 1 is 1.40 bits per heavy atom. The van der Waals surface area contributed by atoms with E-state index in [0.717, 1.165) is 5.56 Å². The molecule has 10 heavy (non-hydrogen) atoms. The lowest BCUT2D eigenvalue weighted by molar-refractivity contribution is 1.41. The Morgan fingerprint density at radius 3 is 2.60 bits per heavy atom. The Morgan fingerprint density at radius 2 is 2.10 bits per heavy atom. The van der Waals surface area contributed by atoms with Crippen LogP contribution in [0, 0.1) is 0 Å². The summed E-state index contributed by atoms with van der Waals surface area (Å²) in [6, 6.07) is 5.43. The highest BCUT2D eigenvalue weighted by Crippen LogP contribution is 2.23. The summed E-state index contributed by atoms with van der Waals surface area (Å²) >= 11 is 11.3. The van der Waals surface area contributed by atoms with Crippen molar-refractivity contribution in [2.45, 2.75) is 5.88 Å². The van der Waals surface area contributed by atoms with Crippen LogP contribution in [0.5, 0.6) is 0 Å². The van der Waals surface area contributed by atoms with Gasteiger partial charge in [0.15, 0.2) is 0 Å². The molecule has 1 nitrogen and oxygen atoms in total. The quantitative estimate of drug-likeness (QED) is 0.516. The summed E-state index contributed by atoms with van der Waals surface area (Å²) in [5, 5.41) is 0.568. The van der Waals surface area contributed by atoms with Gasteiger partial charge in [0.05, 0.1) is 10.7 Å². The van der Waals surface area contributed by atoms with Gasteiger partial charge in [-0.05, 0) is 11.6 Å². The van der Waals surface area contributed by atoms with E-state index in [0.29, 0.717) is 16.6 Å². The molecule has 54 valence electrons. The summed E-state index contributed by atoms with van der Waals surface area (Å²) in [6.45, 7) is 0. The monoisotopic (exact) mass is 175 g/mol. The minimum Gasteiger partial charge on any atom is -0.397 e. The van der Waals surface area contributed by atoms with Crippen LogP contribution in [0.4, 0.5) is 5.69 Å². The molecule has 0 saturated heterocycles. The molecule has 1 rings (SSSR count). The fourth-order valence-corrected chi connectivity index (χ4v) is 1.13. The topological polar surface area (TPSA) is 26.0 Å². The number of anilines is 1. The van der Waals surface area contributed by atoms with Gasteiger partial charge in [0.25, 0.3) is 0 Å². The first-order chi connectivity index (χ1) is 4.75. The Bertz CT molecular complexity index is 235. The first-order valence-electron chi connectivity index (χ1n) is 2.84. The van der Waals surface area contributed by atoms with Crippen LogP contribution in [0.3, 0.4) is 0 Å². The van der Waals surface area contributed by atoms with Crippen LogP contribution >= 0.6 is 23.2 Å². The number of nitrogen functional groups attached to an aromatic ring is 1. The van der Waals surface area contributed by atoms with E-state index in [1.54, 1.807) is 6.07 Å². The molecule has 1 aromatic rings. The Hall–Kier alpha value is -0.400. The maximum Gasteiger partial charge on any atom is 0.0638 e. The van der Waals surface area contributed by atoms with Crippen LogP contribution in [0.1, 0.15) is 5.56 Å². The highest BCUT2D eigenvalue weighted by Gasteiger charge is 1.99. The zero-order valence-electron chi connectivity index (χ0n) is 5.27. The van der Waals surface area contributed by atoms with Gasteiger partial charge in [-0.3, -0.25) is 0 Å². The molecule has 0 aliphatic carbocycles. The Balaban J connectivity index is 3.14. The van der Waals surface area contributed by atoms with Crippen molar-refractivity contribution >= 4 is 28.9 Å². The summed E-state index contributed by atoms with van der Waals surface area (Å²) in [5.41, 5.74) is 7.04. The van der Waals surface area contributed by atoms with Gasteiger partial charge in [-0.2, -0.15) is 0 Å². The van der Waals surface area contributed by atoms with E-state index in [-0.39, 0.29) is 0 Å². The van der Waals surface area contributed by atoms with Crippen molar-refractivity contribution < 1.29 is 0 Å². The van der Waals surface area contributed by atoms with Gasteiger partial charge in [0.1, 0.15) is 0 Å². The van der Waals surface area contributed by atoms with E-state index in [1.165, 1.54) is 0 Å². The van der Waals surface area contributed by atoms with Crippen LogP contribution in [-0.4, -0.2) is 0 Å². The summed E-state index contributed by atoms with van der Waals surface area (Å²) in [6.07, 6.45) is 0. The first-order valence-corrected chi connectivity index (χ1v) is 3.75. The van der Waals surface area contributed by atoms with Crippen LogP contribution in [-0.2, 0) is 5.88 Å². The van der Waals surface area contributed by atoms with E-state index in [2.05, 4.69) is 0 Å². The fourth-order valence-electron chi connectivity index (χ4n) is 0.698. The molecule has 0 fully saturated rings. The maximum atomic E-state index is 5.71. The summed E-state index contributed by atoms with van der Waals surface area (Å²) in [4.78, 5) is 0. The van der Waals surface area contributed by atoms with Gasteiger partial charge in [-0.25, -0.2) is 0 Å². The molecule has 3 heteroatoms. The summed E-state index contributed by atoms with van der Waals surface area (Å²) < 4.78 is 0. The zero-order chi connectivity index (χ0) is 7.56. The van der Waals surface area contributed by atoms with Crippen LogP contribution < -0.4 is 5.73 Å². The van der Waals surface area contributed by atoms with Crippen molar-refractivity contribution in [3.05, 3.63) is 28.8 Å². The average molecular weight is 176 g/mol. The van der Waals surface area contributed by atoms with E-state index < -0.39 is 0 Å². The number of halogens is 2. The SMILES string of the molecule is Nc1c(Cl)cccc1CCl. The highest BCUT2D eigenvalue weighted by molar-refractivity contribution is 6.33. The van der Waals surface area contributed by atoms with Gasteiger partial charge in [0, 0.05) is 5.88 Å². The lowest BCUT2D eigenvalue weighted by Crippen LogP contribution is -1.91. The molecule has 1 aromatic carbocycles. The van der Waals surface area contributed by atoms with E-state index >= 15 is 0 Å². The molecule has 0 saturated carbocycles. The van der Waals surface area contributed by atoms with Gasteiger partial charge in [-0.1, -0.05) is 23.7 Å². The van der Waals surface area contributed by atoms with Crippen molar-refractivity contribution in [3.63, 3.8) is 0 Å². The second-order valence-corrected chi connectivity index (χ2v) is 2.62. The molecule has 0 amide bonds. The van der Waals surface area contributed by atoms with Crippen molar-refractivity contribution in [2.24, 2.45) is 0 Å². The smallest absolute Gasteiger partial charge is 0.0638 e. The van der Waals surface area contributed by atoms with Crippen LogP contribution in [0.15, 0.2) is 18.2 Å². The lowest BCUT2D eigenvalue weighted by atomic mass is 10.2. The van der Waals surface area contributed by atoms with E-state index in [1.807, 2.05) is 12.1 Å². The highest BCUT2D eigenvalue weighted by atomic mass is 35.5. The third-order valence-electron chi connectivity index (χ3n) is 1.29. The van der Waals surface area contributed by atoms with Crippen molar-refractivity contribution in [1.29, 1.82) is 0 Å². The molecule has 0 heterocycles. The van der Waals surface area contributed by atoms with Crippen LogP contribution in [0.2, 0.25) is 5.02 Å². The number of para-hydroxylation sites is 1. The third kappa shape index (κ3) is 1.36. The molecule has 0 unspecified atom stereocenters. The molecule has 0 radical (unpaired) electrons.